The first-order valence-corrected chi connectivity index (χ1v) is 7.94. The molecule has 4 heteroatoms. The highest BCUT2D eigenvalue weighted by Gasteiger charge is 2.25. The fourth-order valence-corrected chi connectivity index (χ4v) is 3.66. The van der Waals surface area contributed by atoms with Crippen LogP contribution in [0.3, 0.4) is 0 Å². The smallest absolute Gasteiger partial charge is 0.0635 e. The monoisotopic (exact) mass is 313 g/mol. The van der Waals surface area contributed by atoms with E-state index in [-0.39, 0.29) is 0 Å². The average Bonchev–Trinajstić information content (AvgIpc) is 2.61. The van der Waals surface area contributed by atoms with Gasteiger partial charge in [0.25, 0.3) is 0 Å². The van der Waals surface area contributed by atoms with Crippen LogP contribution in [0.5, 0.6) is 0 Å². The fourth-order valence-electron chi connectivity index (χ4n) is 3.04. The zero-order valence-corrected chi connectivity index (χ0v) is 13.0. The van der Waals surface area contributed by atoms with Crippen molar-refractivity contribution in [3.05, 3.63) is 16.4 Å². The lowest BCUT2D eigenvalue weighted by molar-refractivity contribution is 0.444. The van der Waals surface area contributed by atoms with Gasteiger partial charge in [-0.05, 0) is 48.7 Å². The molecule has 1 N–H and O–H groups in total. The number of nitrogens with zero attached hydrogens (tertiary/aromatic N) is 2. The summed E-state index contributed by atoms with van der Waals surface area (Å²) in [6.45, 7) is 3.24. The summed E-state index contributed by atoms with van der Waals surface area (Å²) in [6, 6.07) is 0.661. The number of hydrogen-bond donors (Lipinski definition) is 1. The van der Waals surface area contributed by atoms with Crippen LogP contribution in [0.15, 0.2) is 10.7 Å². The van der Waals surface area contributed by atoms with Crippen molar-refractivity contribution in [2.24, 2.45) is 0 Å². The molecule has 2 rings (SSSR count). The van der Waals surface area contributed by atoms with Crippen LogP contribution in [0.1, 0.15) is 57.1 Å². The summed E-state index contributed by atoms with van der Waals surface area (Å²) >= 11 is 3.69. The zero-order chi connectivity index (χ0) is 13.0. The van der Waals surface area contributed by atoms with E-state index >= 15 is 0 Å². The quantitative estimate of drug-likeness (QED) is 0.859. The van der Waals surface area contributed by atoms with E-state index in [0.29, 0.717) is 12.0 Å². The fraction of sp³-hybridized carbons (Fsp3) is 0.786. The molecule has 0 aliphatic heterocycles. The van der Waals surface area contributed by atoms with Crippen molar-refractivity contribution in [3.8, 4) is 0 Å². The van der Waals surface area contributed by atoms with Crippen LogP contribution in [0, 0.1) is 0 Å². The SMILES string of the molecule is CCCn1ncc(Br)c1C1CCCCC(NC)C1. The van der Waals surface area contributed by atoms with E-state index in [1.54, 1.807) is 0 Å². The van der Waals surface area contributed by atoms with E-state index in [1.807, 2.05) is 6.20 Å². The maximum Gasteiger partial charge on any atom is 0.0635 e. The Bertz CT molecular complexity index is 375. The van der Waals surface area contributed by atoms with Crippen molar-refractivity contribution in [1.82, 2.24) is 15.1 Å². The topological polar surface area (TPSA) is 29.9 Å². The third-order valence-electron chi connectivity index (χ3n) is 3.99. The molecule has 2 unspecified atom stereocenters. The Morgan fingerprint density at radius 2 is 2.22 bits per heavy atom. The molecule has 1 aromatic heterocycles. The lowest BCUT2D eigenvalue weighted by atomic mass is 9.94. The van der Waals surface area contributed by atoms with Gasteiger partial charge in [0.15, 0.2) is 0 Å². The molecule has 0 radical (unpaired) electrons. The molecule has 0 saturated heterocycles. The molecule has 0 bridgehead atoms. The number of hydrogen-bond acceptors (Lipinski definition) is 2. The van der Waals surface area contributed by atoms with Crippen molar-refractivity contribution in [3.63, 3.8) is 0 Å². The van der Waals surface area contributed by atoms with Crippen molar-refractivity contribution >= 4 is 15.9 Å². The van der Waals surface area contributed by atoms with Crippen LogP contribution >= 0.6 is 15.9 Å². The zero-order valence-electron chi connectivity index (χ0n) is 11.5. The second-order valence-corrected chi connectivity index (χ2v) is 6.16. The van der Waals surface area contributed by atoms with E-state index in [4.69, 9.17) is 0 Å². The second kappa shape index (κ2) is 6.71. The normalized spacial score (nSPS) is 25.1. The van der Waals surface area contributed by atoms with Gasteiger partial charge in [0.05, 0.1) is 16.4 Å². The minimum atomic E-state index is 0.647. The van der Waals surface area contributed by atoms with Gasteiger partial charge in [-0.25, -0.2) is 0 Å². The number of aromatic nitrogens is 2. The van der Waals surface area contributed by atoms with Crippen LogP contribution in [0.4, 0.5) is 0 Å². The standard InChI is InChI=1S/C14H24BrN3/c1-3-8-18-14(13(15)10-17-18)11-6-4-5-7-12(9-11)16-2/h10-12,16H,3-9H2,1-2H3. The summed E-state index contributed by atoms with van der Waals surface area (Å²) in [5, 5.41) is 7.97. The second-order valence-electron chi connectivity index (χ2n) is 5.30. The molecular formula is C14H24BrN3. The lowest BCUT2D eigenvalue weighted by Crippen LogP contribution is -2.26. The molecule has 1 aliphatic rings. The first-order valence-electron chi connectivity index (χ1n) is 7.14. The van der Waals surface area contributed by atoms with Crippen LogP contribution in [0.2, 0.25) is 0 Å². The number of rotatable bonds is 4. The summed E-state index contributed by atoms with van der Waals surface area (Å²) in [6.07, 6.45) is 9.64. The maximum atomic E-state index is 4.51. The van der Waals surface area contributed by atoms with Crippen LogP contribution in [-0.2, 0) is 6.54 Å². The van der Waals surface area contributed by atoms with Crippen molar-refractivity contribution in [1.29, 1.82) is 0 Å². The molecule has 1 saturated carbocycles. The highest BCUT2D eigenvalue weighted by Crippen LogP contribution is 2.35. The van der Waals surface area contributed by atoms with Gasteiger partial charge in [-0.3, -0.25) is 4.68 Å². The molecule has 0 amide bonds. The average molecular weight is 314 g/mol. The first-order chi connectivity index (χ1) is 8.76. The Kier molecular flexibility index (Phi) is 5.25. The van der Waals surface area contributed by atoms with Gasteiger partial charge in [0.2, 0.25) is 0 Å². The van der Waals surface area contributed by atoms with E-state index in [2.05, 4.69) is 45.0 Å². The maximum absolute atomic E-state index is 4.51. The molecule has 102 valence electrons. The van der Waals surface area contributed by atoms with Crippen LogP contribution < -0.4 is 5.32 Å². The Balaban J connectivity index is 2.20. The first kappa shape index (κ1) is 14.1. The van der Waals surface area contributed by atoms with Gasteiger partial charge >= 0.3 is 0 Å². The predicted octanol–water partition coefficient (Wildman–Crippen LogP) is 3.69. The number of aryl methyl sites for hydroxylation is 1. The molecule has 1 aromatic rings. The van der Waals surface area contributed by atoms with Crippen LogP contribution in [-0.4, -0.2) is 22.9 Å². The number of halogens is 1. The van der Waals surface area contributed by atoms with E-state index in [9.17, 15) is 0 Å². The van der Waals surface area contributed by atoms with Gasteiger partial charge in [-0.15, -0.1) is 0 Å². The molecule has 0 aromatic carbocycles. The molecule has 1 aliphatic carbocycles. The molecular weight excluding hydrogens is 290 g/mol. The highest BCUT2D eigenvalue weighted by atomic mass is 79.9. The molecule has 0 spiro atoms. The molecule has 2 atom stereocenters. The van der Waals surface area contributed by atoms with E-state index < -0.39 is 0 Å². The third-order valence-corrected chi connectivity index (χ3v) is 4.60. The Labute approximate surface area is 118 Å². The van der Waals surface area contributed by atoms with Gasteiger partial charge in [0.1, 0.15) is 0 Å². The van der Waals surface area contributed by atoms with E-state index in [1.165, 1.54) is 42.3 Å². The molecule has 18 heavy (non-hydrogen) atoms. The Morgan fingerprint density at radius 1 is 1.44 bits per heavy atom. The summed E-state index contributed by atoms with van der Waals surface area (Å²) in [7, 11) is 2.09. The van der Waals surface area contributed by atoms with Crippen LogP contribution in [0.25, 0.3) is 0 Å². The molecule has 1 heterocycles. The van der Waals surface area contributed by atoms with Crippen molar-refractivity contribution in [2.75, 3.05) is 7.05 Å². The Morgan fingerprint density at radius 3 is 2.94 bits per heavy atom. The summed E-state index contributed by atoms with van der Waals surface area (Å²) in [4.78, 5) is 0. The minimum Gasteiger partial charge on any atom is -0.317 e. The lowest BCUT2D eigenvalue weighted by Gasteiger charge is -2.21. The van der Waals surface area contributed by atoms with Gasteiger partial charge in [-0.2, -0.15) is 5.10 Å². The third kappa shape index (κ3) is 3.15. The molecule has 1 fully saturated rings. The van der Waals surface area contributed by atoms with Gasteiger partial charge in [0, 0.05) is 18.5 Å². The Hall–Kier alpha value is -0.350. The van der Waals surface area contributed by atoms with Crippen molar-refractivity contribution in [2.45, 2.75) is 64.0 Å². The van der Waals surface area contributed by atoms with E-state index in [0.717, 1.165) is 13.0 Å². The molecule has 3 nitrogen and oxygen atoms in total. The summed E-state index contributed by atoms with van der Waals surface area (Å²) in [5.74, 6) is 0.647. The van der Waals surface area contributed by atoms with Gasteiger partial charge in [-0.1, -0.05) is 19.8 Å². The number of nitrogens with one attached hydrogen (secondary N) is 1. The largest absolute Gasteiger partial charge is 0.317 e. The minimum absolute atomic E-state index is 0.647. The predicted molar refractivity (Wildman–Crippen MR) is 78.9 cm³/mol. The summed E-state index contributed by atoms with van der Waals surface area (Å²) < 4.78 is 3.39. The van der Waals surface area contributed by atoms with Gasteiger partial charge < -0.3 is 5.32 Å². The highest BCUT2D eigenvalue weighted by molar-refractivity contribution is 9.10. The van der Waals surface area contributed by atoms with Crippen molar-refractivity contribution < 1.29 is 0 Å². The summed E-state index contributed by atoms with van der Waals surface area (Å²) in [5.41, 5.74) is 1.42.